The summed E-state index contributed by atoms with van der Waals surface area (Å²) in [7, 11) is 0. The average Bonchev–Trinajstić information content (AvgIpc) is 3.16. The molecule has 0 spiro atoms. The van der Waals surface area contributed by atoms with E-state index < -0.39 is 0 Å². The molecule has 0 bridgehead atoms. The van der Waals surface area contributed by atoms with E-state index in [1.165, 1.54) is 36.9 Å². The van der Waals surface area contributed by atoms with Gasteiger partial charge in [-0.25, -0.2) is 4.98 Å². The number of hydrogen-bond donors (Lipinski definition) is 2. The maximum absolute atomic E-state index is 4.86. The van der Waals surface area contributed by atoms with Gasteiger partial charge in [-0.3, -0.25) is 9.88 Å². The Bertz CT molecular complexity index is 894. The number of piperidine rings is 1. The van der Waals surface area contributed by atoms with E-state index in [1.54, 1.807) is 0 Å². The first-order valence-corrected chi connectivity index (χ1v) is 10.7. The van der Waals surface area contributed by atoms with Crippen LogP contribution in [0.3, 0.4) is 0 Å². The minimum absolute atomic E-state index is 0.389. The highest BCUT2D eigenvalue weighted by atomic mass is 15.2. The number of nitrogens with one attached hydrogen (secondary N) is 2. The topological polar surface area (TPSA) is 56.8 Å². The molecule has 1 saturated heterocycles. The summed E-state index contributed by atoms with van der Waals surface area (Å²) in [6.45, 7) is 4.24. The fourth-order valence-corrected chi connectivity index (χ4v) is 4.93. The lowest BCUT2D eigenvalue weighted by molar-refractivity contribution is 0.126. The molecule has 2 aliphatic rings. The first-order chi connectivity index (χ1) is 13.9. The number of imidazole rings is 1. The number of H-pyrrole nitrogens is 1. The maximum atomic E-state index is 4.86. The van der Waals surface area contributed by atoms with Gasteiger partial charge in [-0.1, -0.05) is 18.2 Å². The molecule has 1 unspecified atom stereocenters. The predicted molar refractivity (Wildman–Crippen MR) is 112 cm³/mol. The molecule has 5 heteroatoms. The van der Waals surface area contributed by atoms with Crippen molar-refractivity contribution in [2.45, 2.75) is 44.7 Å². The molecule has 5 nitrogen and oxygen atoms in total. The molecule has 1 aliphatic carbocycles. The number of aromatic nitrogens is 3. The quantitative estimate of drug-likeness (QED) is 0.711. The molecule has 3 heterocycles. The number of pyridine rings is 1. The number of hydrogen-bond acceptors (Lipinski definition) is 4. The molecule has 2 N–H and O–H groups in total. The SMILES string of the molecule is c1cnc2c(c1)CCCC2N(Cc1nc2ccccc2[nH]1)C[C@H]1CCCNC1. The highest BCUT2D eigenvalue weighted by molar-refractivity contribution is 5.74. The lowest BCUT2D eigenvalue weighted by Crippen LogP contribution is -2.40. The summed E-state index contributed by atoms with van der Waals surface area (Å²) < 4.78 is 0. The molecule has 1 fully saturated rings. The second-order valence-electron chi connectivity index (χ2n) is 8.30. The van der Waals surface area contributed by atoms with Crippen molar-refractivity contribution in [3.8, 4) is 0 Å². The van der Waals surface area contributed by atoms with Crippen LogP contribution in [0.2, 0.25) is 0 Å². The smallest absolute Gasteiger partial charge is 0.121 e. The van der Waals surface area contributed by atoms with Gasteiger partial charge in [0.15, 0.2) is 0 Å². The molecule has 5 rings (SSSR count). The fraction of sp³-hybridized carbons (Fsp3) is 0.478. The van der Waals surface area contributed by atoms with Crippen LogP contribution in [0.15, 0.2) is 42.6 Å². The molecule has 146 valence electrons. The van der Waals surface area contributed by atoms with E-state index in [4.69, 9.17) is 9.97 Å². The molecule has 1 aromatic carbocycles. The number of rotatable bonds is 5. The van der Waals surface area contributed by atoms with Gasteiger partial charge in [-0.2, -0.15) is 0 Å². The maximum Gasteiger partial charge on any atom is 0.121 e. The van der Waals surface area contributed by atoms with E-state index in [9.17, 15) is 0 Å². The third-order valence-corrected chi connectivity index (χ3v) is 6.29. The summed E-state index contributed by atoms with van der Waals surface area (Å²) >= 11 is 0. The zero-order valence-electron chi connectivity index (χ0n) is 16.4. The number of nitrogens with zero attached hydrogens (tertiary/aromatic N) is 3. The zero-order chi connectivity index (χ0) is 18.8. The minimum Gasteiger partial charge on any atom is -0.341 e. The Hall–Kier alpha value is -2.24. The van der Waals surface area contributed by atoms with Gasteiger partial charge in [-0.15, -0.1) is 0 Å². The van der Waals surface area contributed by atoms with Crippen LogP contribution in [-0.2, 0) is 13.0 Å². The van der Waals surface area contributed by atoms with Gasteiger partial charge in [0.1, 0.15) is 5.82 Å². The summed E-state index contributed by atoms with van der Waals surface area (Å²) in [5, 5.41) is 3.58. The molecular formula is C23H29N5. The van der Waals surface area contributed by atoms with Crippen LogP contribution in [0.5, 0.6) is 0 Å². The molecule has 28 heavy (non-hydrogen) atoms. The summed E-state index contributed by atoms with van der Waals surface area (Å²) in [6.07, 6.45) is 8.13. The zero-order valence-corrected chi connectivity index (χ0v) is 16.4. The number of aromatic amines is 1. The first-order valence-electron chi connectivity index (χ1n) is 10.7. The lowest BCUT2D eigenvalue weighted by Gasteiger charge is -2.37. The molecule has 0 amide bonds. The largest absolute Gasteiger partial charge is 0.341 e. The Balaban J connectivity index is 1.44. The Morgan fingerprint density at radius 1 is 1.07 bits per heavy atom. The Morgan fingerprint density at radius 2 is 2.04 bits per heavy atom. The summed E-state index contributed by atoms with van der Waals surface area (Å²) in [4.78, 5) is 15.9. The Kier molecular flexibility index (Phi) is 5.10. The van der Waals surface area contributed by atoms with Crippen molar-refractivity contribution in [3.63, 3.8) is 0 Å². The van der Waals surface area contributed by atoms with E-state index >= 15 is 0 Å². The summed E-state index contributed by atoms with van der Waals surface area (Å²) in [5.74, 6) is 1.76. The van der Waals surface area contributed by atoms with Crippen molar-refractivity contribution in [1.82, 2.24) is 25.2 Å². The van der Waals surface area contributed by atoms with Crippen LogP contribution >= 0.6 is 0 Å². The van der Waals surface area contributed by atoms with Crippen molar-refractivity contribution in [1.29, 1.82) is 0 Å². The fourth-order valence-electron chi connectivity index (χ4n) is 4.93. The second-order valence-corrected chi connectivity index (χ2v) is 8.30. The number of benzene rings is 1. The van der Waals surface area contributed by atoms with Gasteiger partial charge in [0.05, 0.1) is 29.3 Å². The van der Waals surface area contributed by atoms with Gasteiger partial charge in [0.25, 0.3) is 0 Å². The lowest BCUT2D eigenvalue weighted by atomic mass is 9.89. The summed E-state index contributed by atoms with van der Waals surface area (Å²) in [5.41, 5.74) is 4.89. The van der Waals surface area contributed by atoms with Crippen LogP contribution in [0.1, 0.15) is 48.8 Å². The molecular weight excluding hydrogens is 346 g/mol. The Labute approximate surface area is 166 Å². The van der Waals surface area contributed by atoms with Crippen LogP contribution in [0, 0.1) is 5.92 Å². The number of fused-ring (bicyclic) bond motifs is 2. The second kappa shape index (κ2) is 8.02. The van der Waals surface area contributed by atoms with Crippen molar-refractivity contribution in [3.05, 3.63) is 59.7 Å². The van der Waals surface area contributed by atoms with Gasteiger partial charge in [0, 0.05) is 12.7 Å². The highest BCUT2D eigenvalue weighted by Crippen LogP contribution is 2.34. The van der Waals surface area contributed by atoms with Gasteiger partial charge in [0.2, 0.25) is 0 Å². The molecule has 1 aliphatic heterocycles. The van der Waals surface area contributed by atoms with Crippen LogP contribution < -0.4 is 5.32 Å². The molecule has 0 radical (unpaired) electrons. The Morgan fingerprint density at radius 3 is 2.93 bits per heavy atom. The molecule has 0 saturated carbocycles. The van der Waals surface area contributed by atoms with Crippen molar-refractivity contribution >= 4 is 11.0 Å². The van der Waals surface area contributed by atoms with E-state index in [0.29, 0.717) is 12.0 Å². The number of aryl methyl sites for hydroxylation is 1. The monoisotopic (exact) mass is 375 g/mol. The van der Waals surface area contributed by atoms with E-state index in [0.717, 1.165) is 49.5 Å². The van der Waals surface area contributed by atoms with E-state index in [-0.39, 0.29) is 0 Å². The third kappa shape index (κ3) is 3.69. The van der Waals surface area contributed by atoms with Crippen molar-refractivity contribution in [2.24, 2.45) is 5.92 Å². The van der Waals surface area contributed by atoms with Gasteiger partial charge >= 0.3 is 0 Å². The predicted octanol–water partition coefficient (Wildman–Crippen LogP) is 3.84. The number of para-hydroxylation sites is 2. The van der Waals surface area contributed by atoms with Crippen molar-refractivity contribution < 1.29 is 0 Å². The molecule has 3 aromatic rings. The standard InChI is InChI=1S/C23H29N5/c1-2-10-20-19(9-1)26-22(27-20)16-28(15-17-6-4-12-24-14-17)21-11-3-7-18-8-5-13-25-23(18)21/h1-2,5,8-10,13,17,21,24H,3-4,6-7,11-12,14-16H2,(H,26,27)/t17-,21?/m0/s1. The normalized spacial score (nSPS) is 22.5. The van der Waals surface area contributed by atoms with Crippen molar-refractivity contribution in [2.75, 3.05) is 19.6 Å². The van der Waals surface area contributed by atoms with E-state index in [1.807, 2.05) is 6.20 Å². The van der Waals surface area contributed by atoms with Gasteiger partial charge in [-0.05, 0) is 74.9 Å². The first kappa shape index (κ1) is 17.8. The average molecular weight is 376 g/mol. The minimum atomic E-state index is 0.389. The van der Waals surface area contributed by atoms with E-state index in [2.05, 4.69) is 51.6 Å². The molecule has 2 atom stereocenters. The van der Waals surface area contributed by atoms with Crippen LogP contribution in [0.4, 0.5) is 0 Å². The third-order valence-electron chi connectivity index (χ3n) is 6.29. The summed E-state index contributed by atoms with van der Waals surface area (Å²) in [6, 6.07) is 13.0. The highest BCUT2D eigenvalue weighted by Gasteiger charge is 2.30. The molecule has 2 aromatic heterocycles. The van der Waals surface area contributed by atoms with Gasteiger partial charge < -0.3 is 10.3 Å². The van der Waals surface area contributed by atoms with Crippen LogP contribution in [0.25, 0.3) is 11.0 Å². The van der Waals surface area contributed by atoms with Crippen LogP contribution in [-0.4, -0.2) is 39.5 Å².